The number of rotatable bonds is 7. The van der Waals surface area contributed by atoms with E-state index in [1.165, 1.54) is 16.5 Å². The van der Waals surface area contributed by atoms with Crippen LogP contribution >= 0.6 is 0 Å². The van der Waals surface area contributed by atoms with E-state index >= 15 is 0 Å². The van der Waals surface area contributed by atoms with Crippen LogP contribution in [0.1, 0.15) is 30.9 Å². The normalized spacial score (nSPS) is 12.2. The highest BCUT2D eigenvalue weighted by Crippen LogP contribution is 2.19. The van der Waals surface area contributed by atoms with Gasteiger partial charge in [0.1, 0.15) is 0 Å². The van der Waals surface area contributed by atoms with E-state index in [1.54, 1.807) is 0 Å². The average molecular weight is 320 g/mol. The maximum absolute atomic E-state index is 12.3. The summed E-state index contributed by atoms with van der Waals surface area (Å²) in [5, 5.41) is 4.43. The molecule has 0 fully saturated rings. The van der Waals surface area contributed by atoms with Gasteiger partial charge < -0.3 is 10.3 Å². The second kappa shape index (κ2) is 7.82. The Balaban J connectivity index is 1.57. The lowest BCUT2D eigenvalue weighted by Gasteiger charge is -2.17. The standard InChI is InChI=1S/C21H24N2O/c1-2-18(14-17-15-22-20-11-7-6-10-19(17)20)23-21(24)13-12-16-8-4-3-5-9-16/h3-11,15,18,22H,2,12-14H2,1H3,(H,23,24). The van der Waals surface area contributed by atoms with E-state index in [9.17, 15) is 4.79 Å². The van der Waals surface area contributed by atoms with Gasteiger partial charge in [-0.1, -0.05) is 55.5 Å². The number of para-hydroxylation sites is 1. The van der Waals surface area contributed by atoms with Crippen LogP contribution in [0.5, 0.6) is 0 Å². The van der Waals surface area contributed by atoms with E-state index in [0.29, 0.717) is 6.42 Å². The number of fused-ring (bicyclic) bond motifs is 1. The molecule has 2 aromatic carbocycles. The molecule has 0 spiro atoms. The van der Waals surface area contributed by atoms with Crippen LogP contribution in [0, 0.1) is 0 Å². The minimum atomic E-state index is 0.130. The molecule has 124 valence electrons. The van der Waals surface area contributed by atoms with Gasteiger partial charge in [0, 0.05) is 29.6 Å². The molecule has 1 aromatic heterocycles. The maximum Gasteiger partial charge on any atom is 0.220 e. The summed E-state index contributed by atoms with van der Waals surface area (Å²) in [7, 11) is 0. The minimum absolute atomic E-state index is 0.130. The van der Waals surface area contributed by atoms with Crippen molar-refractivity contribution in [2.45, 2.75) is 38.6 Å². The summed E-state index contributed by atoms with van der Waals surface area (Å²) in [6.07, 6.45) is 5.17. The van der Waals surface area contributed by atoms with Gasteiger partial charge >= 0.3 is 0 Å². The van der Waals surface area contributed by atoms with Crippen molar-refractivity contribution in [2.24, 2.45) is 0 Å². The topological polar surface area (TPSA) is 44.9 Å². The Morgan fingerprint density at radius 2 is 1.83 bits per heavy atom. The van der Waals surface area contributed by atoms with E-state index in [1.807, 2.05) is 24.3 Å². The molecule has 0 saturated heterocycles. The van der Waals surface area contributed by atoms with Gasteiger partial charge in [-0.25, -0.2) is 0 Å². The van der Waals surface area contributed by atoms with Crippen LogP contribution in [-0.2, 0) is 17.6 Å². The number of aryl methyl sites for hydroxylation is 1. The Morgan fingerprint density at radius 3 is 2.62 bits per heavy atom. The van der Waals surface area contributed by atoms with Gasteiger partial charge in [0.05, 0.1) is 0 Å². The fourth-order valence-electron chi connectivity index (χ4n) is 3.07. The first-order valence-corrected chi connectivity index (χ1v) is 8.64. The van der Waals surface area contributed by atoms with Crippen LogP contribution in [0.2, 0.25) is 0 Å². The van der Waals surface area contributed by atoms with Gasteiger partial charge in [0.25, 0.3) is 0 Å². The number of amides is 1. The van der Waals surface area contributed by atoms with Gasteiger partial charge in [0.2, 0.25) is 5.91 Å². The molecule has 0 radical (unpaired) electrons. The average Bonchev–Trinajstić information content (AvgIpc) is 3.03. The lowest BCUT2D eigenvalue weighted by atomic mass is 10.0. The van der Waals surface area contributed by atoms with Crippen LogP contribution in [0.25, 0.3) is 10.9 Å². The third-order valence-corrected chi connectivity index (χ3v) is 4.48. The molecule has 0 bridgehead atoms. The highest BCUT2D eigenvalue weighted by molar-refractivity contribution is 5.83. The number of H-pyrrole nitrogens is 1. The fourth-order valence-corrected chi connectivity index (χ4v) is 3.07. The zero-order valence-electron chi connectivity index (χ0n) is 14.1. The molecule has 3 heteroatoms. The van der Waals surface area contributed by atoms with Crippen LogP contribution < -0.4 is 5.32 Å². The number of carbonyl (C=O) groups is 1. The number of hydrogen-bond donors (Lipinski definition) is 2. The van der Waals surface area contributed by atoms with Crippen molar-refractivity contribution in [2.75, 3.05) is 0 Å². The third kappa shape index (κ3) is 4.05. The molecule has 0 aliphatic carbocycles. The van der Waals surface area contributed by atoms with Gasteiger partial charge in [-0.2, -0.15) is 0 Å². The molecule has 3 aromatic rings. The molecule has 0 saturated carbocycles. The summed E-state index contributed by atoms with van der Waals surface area (Å²) in [5.74, 6) is 0.130. The molecular formula is C21H24N2O. The Hall–Kier alpha value is -2.55. The van der Waals surface area contributed by atoms with E-state index < -0.39 is 0 Å². The maximum atomic E-state index is 12.3. The first-order valence-electron chi connectivity index (χ1n) is 8.64. The summed E-state index contributed by atoms with van der Waals surface area (Å²) in [6, 6.07) is 18.6. The van der Waals surface area contributed by atoms with Crippen molar-refractivity contribution in [1.29, 1.82) is 0 Å². The van der Waals surface area contributed by atoms with E-state index in [0.717, 1.165) is 24.8 Å². The van der Waals surface area contributed by atoms with Crippen molar-refractivity contribution in [3.05, 3.63) is 71.9 Å². The first kappa shape index (κ1) is 16.3. The monoisotopic (exact) mass is 320 g/mol. The largest absolute Gasteiger partial charge is 0.361 e. The predicted molar refractivity (Wildman–Crippen MR) is 99.0 cm³/mol. The zero-order valence-corrected chi connectivity index (χ0v) is 14.1. The Kier molecular flexibility index (Phi) is 5.32. The summed E-state index contributed by atoms with van der Waals surface area (Å²) in [4.78, 5) is 15.6. The molecule has 1 amide bonds. The molecule has 0 aliphatic rings. The van der Waals surface area contributed by atoms with Crippen molar-refractivity contribution in [3.63, 3.8) is 0 Å². The van der Waals surface area contributed by atoms with Gasteiger partial charge in [0.15, 0.2) is 0 Å². The van der Waals surface area contributed by atoms with Crippen LogP contribution in [0.15, 0.2) is 60.8 Å². The number of aromatic amines is 1. The highest BCUT2D eigenvalue weighted by atomic mass is 16.1. The van der Waals surface area contributed by atoms with Crippen LogP contribution in [0.4, 0.5) is 0 Å². The third-order valence-electron chi connectivity index (χ3n) is 4.48. The molecular weight excluding hydrogens is 296 g/mol. The molecule has 3 rings (SSSR count). The predicted octanol–water partition coefficient (Wildman–Crippen LogP) is 4.24. The number of benzene rings is 2. The second-order valence-electron chi connectivity index (χ2n) is 6.22. The summed E-state index contributed by atoms with van der Waals surface area (Å²) in [5.41, 5.74) is 3.62. The molecule has 2 N–H and O–H groups in total. The number of aromatic nitrogens is 1. The van der Waals surface area contributed by atoms with E-state index in [-0.39, 0.29) is 11.9 Å². The Morgan fingerprint density at radius 1 is 1.08 bits per heavy atom. The summed E-state index contributed by atoms with van der Waals surface area (Å²) < 4.78 is 0. The van der Waals surface area contributed by atoms with Crippen molar-refractivity contribution >= 4 is 16.8 Å². The Bertz CT molecular complexity index is 792. The van der Waals surface area contributed by atoms with Crippen molar-refractivity contribution < 1.29 is 4.79 Å². The van der Waals surface area contributed by atoms with Gasteiger partial charge in [-0.3, -0.25) is 4.79 Å². The van der Waals surface area contributed by atoms with Gasteiger partial charge in [-0.15, -0.1) is 0 Å². The smallest absolute Gasteiger partial charge is 0.220 e. The second-order valence-corrected chi connectivity index (χ2v) is 6.22. The highest BCUT2D eigenvalue weighted by Gasteiger charge is 2.13. The zero-order chi connectivity index (χ0) is 16.8. The van der Waals surface area contributed by atoms with E-state index in [4.69, 9.17) is 0 Å². The van der Waals surface area contributed by atoms with Crippen molar-refractivity contribution in [3.8, 4) is 0 Å². The van der Waals surface area contributed by atoms with Crippen LogP contribution in [-0.4, -0.2) is 16.9 Å². The fraction of sp³-hybridized carbons (Fsp3) is 0.286. The summed E-state index contributed by atoms with van der Waals surface area (Å²) >= 11 is 0. The SMILES string of the molecule is CCC(Cc1c[nH]c2ccccc12)NC(=O)CCc1ccccc1. The first-order chi connectivity index (χ1) is 11.8. The van der Waals surface area contributed by atoms with E-state index in [2.05, 4.69) is 53.8 Å². The lowest BCUT2D eigenvalue weighted by Crippen LogP contribution is -2.36. The molecule has 24 heavy (non-hydrogen) atoms. The number of hydrogen-bond acceptors (Lipinski definition) is 1. The Labute approximate surface area is 143 Å². The molecule has 1 heterocycles. The van der Waals surface area contributed by atoms with Gasteiger partial charge in [-0.05, 0) is 36.5 Å². The number of nitrogens with one attached hydrogen (secondary N) is 2. The number of carbonyl (C=O) groups excluding carboxylic acids is 1. The molecule has 3 nitrogen and oxygen atoms in total. The quantitative estimate of drug-likeness (QED) is 0.672. The van der Waals surface area contributed by atoms with Crippen LogP contribution in [0.3, 0.4) is 0 Å². The molecule has 0 aliphatic heterocycles. The minimum Gasteiger partial charge on any atom is -0.361 e. The van der Waals surface area contributed by atoms with Crippen molar-refractivity contribution in [1.82, 2.24) is 10.3 Å². The lowest BCUT2D eigenvalue weighted by molar-refractivity contribution is -0.121. The molecule has 1 unspecified atom stereocenters. The molecule has 1 atom stereocenters. The summed E-state index contributed by atoms with van der Waals surface area (Å²) in [6.45, 7) is 2.12.